The Hall–Kier alpha value is -3.65. The summed E-state index contributed by atoms with van der Waals surface area (Å²) in [7, 11) is 0. The number of nitrogens with one attached hydrogen (secondary N) is 1. The smallest absolute Gasteiger partial charge is 0.269 e. The second-order valence-electron chi connectivity index (χ2n) is 7.02. The van der Waals surface area contributed by atoms with Gasteiger partial charge in [-0.15, -0.1) is 0 Å². The monoisotopic (exact) mass is 418 g/mol. The first-order valence-corrected chi connectivity index (χ1v) is 9.70. The molecule has 0 spiro atoms. The lowest BCUT2D eigenvalue weighted by atomic mass is 9.98. The lowest BCUT2D eigenvalue weighted by molar-refractivity contribution is -0.122. The number of hydrogen-bond acceptors (Lipinski definition) is 5. The molecule has 4 rings (SSSR count). The van der Waals surface area contributed by atoms with E-state index in [1.165, 1.54) is 16.0 Å². The minimum Gasteiger partial charge on any atom is -0.298 e. The van der Waals surface area contributed by atoms with Crippen LogP contribution in [-0.4, -0.2) is 28.5 Å². The van der Waals surface area contributed by atoms with E-state index in [1.807, 2.05) is 25.1 Å². The zero-order valence-corrected chi connectivity index (χ0v) is 17.1. The maximum Gasteiger partial charge on any atom is 0.269 e. The first-order valence-electron chi connectivity index (χ1n) is 9.29. The van der Waals surface area contributed by atoms with Gasteiger partial charge in [-0.05, 0) is 56.4 Å². The molecule has 150 valence electrons. The van der Waals surface area contributed by atoms with Crippen LogP contribution in [0.3, 0.4) is 0 Å². The van der Waals surface area contributed by atoms with Gasteiger partial charge in [0, 0.05) is 0 Å². The molecule has 2 aromatic carbocycles. The number of amides is 3. The minimum atomic E-state index is -0.818. The van der Waals surface area contributed by atoms with Crippen LogP contribution in [0.25, 0.3) is 0 Å². The number of nitrogens with zero attached hydrogens (tertiary/aromatic N) is 3. The quantitative estimate of drug-likeness (QED) is 0.472. The number of carbonyl (C=O) groups excluding carboxylic acids is 3. The molecule has 30 heavy (non-hydrogen) atoms. The van der Waals surface area contributed by atoms with Crippen LogP contribution in [0.2, 0.25) is 0 Å². The summed E-state index contributed by atoms with van der Waals surface area (Å²) >= 11 is 5.21. The Morgan fingerprint density at radius 3 is 2.30 bits per heavy atom. The summed E-state index contributed by atoms with van der Waals surface area (Å²) in [5.74, 6) is -2.36. The molecule has 0 bridgehead atoms. The van der Waals surface area contributed by atoms with Crippen LogP contribution in [0, 0.1) is 12.8 Å². The Morgan fingerprint density at radius 1 is 0.967 bits per heavy atom. The van der Waals surface area contributed by atoms with Gasteiger partial charge in [0.05, 0.1) is 23.0 Å². The molecule has 0 radical (unpaired) electrons. The molecule has 0 saturated carbocycles. The molecule has 0 aliphatic carbocycles. The number of hydrogen-bond donors (Lipinski definition) is 1. The Bertz CT molecular complexity index is 1120. The first-order chi connectivity index (χ1) is 14.4. The Morgan fingerprint density at radius 2 is 1.63 bits per heavy atom. The molecule has 3 amide bonds. The molecule has 7 nitrogen and oxygen atoms in total. The van der Waals surface area contributed by atoms with E-state index in [0.29, 0.717) is 17.1 Å². The molecule has 1 atom stereocenters. The fraction of sp³-hybridized carbons (Fsp3) is 0.136. The Balaban J connectivity index is 1.67. The first kappa shape index (κ1) is 19.7. The number of hydrazone groups is 1. The Kier molecular flexibility index (Phi) is 5.01. The van der Waals surface area contributed by atoms with E-state index in [0.717, 1.165) is 5.56 Å². The number of thiocarbonyl (C=S) groups is 1. The normalized spacial score (nSPS) is 20.7. The summed E-state index contributed by atoms with van der Waals surface area (Å²) in [6, 6.07) is 16.2. The molecule has 1 saturated heterocycles. The highest BCUT2D eigenvalue weighted by molar-refractivity contribution is 7.80. The van der Waals surface area contributed by atoms with Crippen LogP contribution >= 0.6 is 12.2 Å². The summed E-state index contributed by atoms with van der Waals surface area (Å²) in [4.78, 5) is 39.8. The minimum absolute atomic E-state index is 0.0000487. The van der Waals surface area contributed by atoms with Crippen molar-refractivity contribution in [3.63, 3.8) is 0 Å². The summed E-state index contributed by atoms with van der Waals surface area (Å²) in [6.07, 6.45) is 1.37. The number of rotatable bonds is 3. The summed E-state index contributed by atoms with van der Waals surface area (Å²) in [6.45, 7) is 3.62. The lowest BCUT2D eigenvalue weighted by Crippen LogP contribution is -2.54. The summed E-state index contributed by atoms with van der Waals surface area (Å²) in [5, 5.41) is 8.13. The SMILES string of the molecule is CC1=NN(c2ccccc2)C(=O)C1/C=C1/C(=O)NC(=S)N(c2ccc(C)cc2)C1=O. The van der Waals surface area contributed by atoms with Gasteiger partial charge < -0.3 is 0 Å². The van der Waals surface area contributed by atoms with Gasteiger partial charge in [-0.2, -0.15) is 10.1 Å². The van der Waals surface area contributed by atoms with Gasteiger partial charge in [0.15, 0.2) is 5.11 Å². The van der Waals surface area contributed by atoms with Gasteiger partial charge in [-0.3, -0.25) is 24.6 Å². The van der Waals surface area contributed by atoms with Gasteiger partial charge >= 0.3 is 0 Å². The number of benzene rings is 2. The average Bonchev–Trinajstić information content (AvgIpc) is 3.01. The van der Waals surface area contributed by atoms with Crippen molar-refractivity contribution in [3.05, 3.63) is 71.8 Å². The van der Waals surface area contributed by atoms with Crippen LogP contribution in [0.1, 0.15) is 12.5 Å². The third-order valence-corrected chi connectivity index (χ3v) is 5.20. The van der Waals surface area contributed by atoms with Gasteiger partial charge in [0.25, 0.3) is 17.7 Å². The van der Waals surface area contributed by atoms with E-state index in [4.69, 9.17) is 12.2 Å². The fourth-order valence-electron chi connectivity index (χ4n) is 3.30. The largest absolute Gasteiger partial charge is 0.298 e. The van der Waals surface area contributed by atoms with Crippen LogP contribution in [0.5, 0.6) is 0 Å². The number of aryl methyl sites for hydroxylation is 1. The maximum atomic E-state index is 13.1. The molecule has 0 aromatic heterocycles. The zero-order valence-electron chi connectivity index (χ0n) is 16.3. The highest BCUT2D eigenvalue weighted by atomic mass is 32.1. The second kappa shape index (κ2) is 7.64. The van der Waals surface area contributed by atoms with Crippen molar-refractivity contribution >= 4 is 52.1 Å². The van der Waals surface area contributed by atoms with Gasteiger partial charge in [-0.1, -0.05) is 35.9 Å². The van der Waals surface area contributed by atoms with Crippen LogP contribution in [-0.2, 0) is 14.4 Å². The van der Waals surface area contributed by atoms with Gasteiger partial charge in [-0.25, -0.2) is 0 Å². The van der Waals surface area contributed by atoms with E-state index in [2.05, 4.69) is 10.4 Å². The van der Waals surface area contributed by atoms with Crippen molar-refractivity contribution in [2.24, 2.45) is 11.0 Å². The molecule has 2 heterocycles. The molecule has 1 N–H and O–H groups in total. The molecular weight excluding hydrogens is 400 g/mol. The maximum absolute atomic E-state index is 13.1. The van der Waals surface area contributed by atoms with E-state index in [1.54, 1.807) is 43.3 Å². The molecule has 2 aliphatic rings. The highest BCUT2D eigenvalue weighted by Gasteiger charge is 2.39. The van der Waals surface area contributed by atoms with E-state index in [-0.39, 0.29) is 16.6 Å². The fourth-order valence-corrected chi connectivity index (χ4v) is 3.58. The van der Waals surface area contributed by atoms with Crippen molar-refractivity contribution < 1.29 is 14.4 Å². The van der Waals surface area contributed by atoms with Crippen LogP contribution in [0.4, 0.5) is 11.4 Å². The Labute approximate surface area is 178 Å². The van der Waals surface area contributed by atoms with Crippen LogP contribution < -0.4 is 15.2 Å². The molecule has 2 aromatic rings. The van der Waals surface area contributed by atoms with Crippen molar-refractivity contribution in [2.75, 3.05) is 9.91 Å². The standard InChI is InChI=1S/C22H18N4O3S/c1-13-8-10-15(11-9-13)25-20(28)18(19(27)23-22(25)30)12-17-14(2)24-26(21(17)29)16-6-4-3-5-7-16/h3-12,17H,1-2H3,(H,23,27,30)/b18-12-. The van der Waals surface area contributed by atoms with Crippen molar-refractivity contribution in [1.82, 2.24) is 5.32 Å². The van der Waals surface area contributed by atoms with Crippen molar-refractivity contribution in [3.8, 4) is 0 Å². The summed E-state index contributed by atoms with van der Waals surface area (Å²) in [5.41, 5.74) is 2.53. The lowest BCUT2D eigenvalue weighted by Gasteiger charge is -2.29. The predicted molar refractivity (Wildman–Crippen MR) is 118 cm³/mol. The third-order valence-electron chi connectivity index (χ3n) is 4.91. The third kappa shape index (κ3) is 3.42. The van der Waals surface area contributed by atoms with Gasteiger partial charge in [0.1, 0.15) is 5.57 Å². The molecule has 1 fully saturated rings. The van der Waals surface area contributed by atoms with Crippen LogP contribution in [0.15, 0.2) is 71.3 Å². The van der Waals surface area contributed by atoms with Crippen molar-refractivity contribution in [1.29, 1.82) is 0 Å². The number of carbonyl (C=O) groups is 3. The van der Waals surface area contributed by atoms with Gasteiger partial charge in [0.2, 0.25) is 0 Å². The predicted octanol–water partition coefficient (Wildman–Crippen LogP) is 2.71. The van der Waals surface area contributed by atoms with E-state index >= 15 is 0 Å². The number of anilines is 2. The van der Waals surface area contributed by atoms with E-state index < -0.39 is 17.7 Å². The zero-order chi connectivity index (χ0) is 21.4. The summed E-state index contributed by atoms with van der Waals surface area (Å²) < 4.78 is 0. The van der Waals surface area contributed by atoms with Crippen molar-refractivity contribution in [2.45, 2.75) is 13.8 Å². The second-order valence-corrected chi connectivity index (χ2v) is 7.41. The molecular formula is C22H18N4O3S. The highest BCUT2D eigenvalue weighted by Crippen LogP contribution is 2.27. The molecule has 1 unspecified atom stereocenters. The average molecular weight is 418 g/mol. The van der Waals surface area contributed by atoms with E-state index in [9.17, 15) is 14.4 Å². The number of para-hydroxylation sites is 1. The molecule has 2 aliphatic heterocycles. The molecule has 8 heteroatoms. The topological polar surface area (TPSA) is 82.1 Å².